The van der Waals surface area contributed by atoms with Gasteiger partial charge in [-0.15, -0.1) is 0 Å². The minimum atomic E-state index is 0.929. The van der Waals surface area contributed by atoms with Crippen LogP contribution in [0.5, 0.6) is 0 Å². The zero-order valence-corrected chi connectivity index (χ0v) is 12.8. The Morgan fingerprint density at radius 2 is 1.78 bits per heavy atom. The van der Waals surface area contributed by atoms with Gasteiger partial charge in [0.25, 0.3) is 0 Å². The highest BCUT2D eigenvalue weighted by Crippen LogP contribution is 2.39. The predicted octanol–water partition coefficient (Wildman–Crippen LogP) is 6.17. The van der Waals surface area contributed by atoms with Crippen LogP contribution in [0.25, 0.3) is 49.8 Å². The monoisotopic (exact) mass is 297 g/mol. The van der Waals surface area contributed by atoms with Crippen molar-refractivity contribution < 1.29 is 4.42 Å². The zero-order valence-electron chi connectivity index (χ0n) is 12.8. The molecule has 5 rings (SSSR count). The number of benzene rings is 3. The van der Waals surface area contributed by atoms with Crippen LogP contribution in [-0.2, 0) is 0 Å². The highest BCUT2D eigenvalue weighted by atomic mass is 16.3. The number of hydrogen-bond donors (Lipinski definition) is 1. The maximum absolute atomic E-state index is 6.11. The van der Waals surface area contributed by atoms with Crippen LogP contribution in [0.2, 0.25) is 0 Å². The molecule has 0 saturated carbocycles. The Morgan fingerprint density at radius 3 is 2.65 bits per heavy atom. The quantitative estimate of drug-likeness (QED) is 0.393. The van der Waals surface area contributed by atoms with Crippen LogP contribution in [0.1, 0.15) is 11.1 Å². The topological polar surface area (TPSA) is 28.9 Å². The number of rotatable bonds is 1. The average Bonchev–Trinajstić information content (AvgIpc) is 3.10. The molecule has 110 valence electrons. The van der Waals surface area contributed by atoms with Crippen molar-refractivity contribution in [3.63, 3.8) is 0 Å². The molecule has 2 aromatic heterocycles. The fourth-order valence-corrected chi connectivity index (χ4v) is 3.59. The van der Waals surface area contributed by atoms with E-state index in [1.807, 2.05) is 6.08 Å². The molecule has 2 nitrogen and oxygen atoms in total. The van der Waals surface area contributed by atoms with Crippen molar-refractivity contribution in [2.75, 3.05) is 0 Å². The summed E-state index contributed by atoms with van der Waals surface area (Å²) in [7, 11) is 0. The molecule has 0 aliphatic rings. The normalized spacial score (nSPS) is 11.9. The van der Waals surface area contributed by atoms with Gasteiger partial charge in [0.2, 0.25) is 0 Å². The van der Waals surface area contributed by atoms with Crippen LogP contribution in [0.4, 0.5) is 0 Å². The Labute approximate surface area is 133 Å². The van der Waals surface area contributed by atoms with E-state index >= 15 is 0 Å². The van der Waals surface area contributed by atoms with Gasteiger partial charge in [0, 0.05) is 32.6 Å². The van der Waals surface area contributed by atoms with Crippen molar-refractivity contribution in [2.24, 2.45) is 0 Å². The van der Waals surface area contributed by atoms with Gasteiger partial charge >= 0.3 is 0 Å². The average molecular weight is 297 g/mol. The summed E-state index contributed by atoms with van der Waals surface area (Å²) in [6.07, 6.45) is 1.91. The minimum absolute atomic E-state index is 0.929. The molecule has 0 aliphatic carbocycles. The summed E-state index contributed by atoms with van der Waals surface area (Å²) in [5, 5.41) is 4.79. The molecule has 2 heteroatoms. The van der Waals surface area contributed by atoms with Gasteiger partial charge in [0.1, 0.15) is 11.2 Å². The smallest absolute Gasteiger partial charge is 0.136 e. The maximum atomic E-state index is 6.11. The van der Waals surface area contributed by atoms with E-state index in [2.05, 4.69) is 67.0 Å². The Bertz CT molecular complexity index is 1240. The largest absolute Gasteiger partial charge is 0.456 e. The van der Waals surface area contributed by atoms with Crippen LogP contribution >= 0.6 is 0 Å². The number of hydrogen-bond acceptors (Lipinski definition) is 1. The summed E-state index contributed by atoms with van der Waals surface area (Å²) in [4.78, 5) is 3.50. The number of furan rings is 1. The highest BCUT2D eigenvalue weighted by molar-refractivity contribution is 6.26. The van der Waals surface area contributed by atoms with E-state index in [-0.39, 0.29) is 0 Å². The Morgan fingerprint density at radius 1 is 0.913 bits per heavy atom. The molecule has 0 amide bonds. The van der Waals surface area contributed by atoms with E-state index < -0.39 is 0 Å². The van der Waals surface area contributed by atoms with Crippen LogP contribution in [-0.4, -0.2) is 4.98 Å². The van der Waals surface area contributed by atoms with Crippen molar-refractivity contribution in [2.45, 2.75) is 6.92 Å². The van der Waals surface area contributed by atoms with E-state index in [1.54, 1.807) is 0 Å². The lowest BCUT2D eigenvalue weighted by molar-refractivity contribution is 0.669. The molecule has 0 saturated heterocycles. The number of aryl methyl sites for hydroxylation is 1. The SMILES string of the molecule is C=Cc1cc2c(cc1C)oc1ccc3[nH]c4ccccc4c3c12. The number of para-hydroxylation sites is 1. The van der Waals surface area contributed by atoms with E-state index in [0.717, 1.165) is 33.1 Å². The fourth-order valence-electron chi connectivity index (χ4n) is 3.59. The molecule has 3 aromatic carbocycles. The second-order valence-corrected chi connectivity index (χ2v) is 6.04. The van der Waals surface area contributed by atoms with Crippen LogP contribution in [0.3, 0.4) is 0 Å². The van der Waals surface area contributed by atoms with Gasteiger partial charge in [-0.1, -0.05) is 30.9 Å². The Hall–Kier alpha value is -3.00. The first-order chi connectivity index (χ1) is 11.3. The van der Waals surface area contributed by atoms with Gasteiger partial charge in [-0.3, -0.25) is 0 Å². The summed E-state index contributed by atoms with van der Waals surface area (Å²) in [5.74, 6) is 0. The van der Waals surface area contributed by atoms with Gasteiger partial charge in [-0.25, -0.2) is 0 Å². The summed E-state index contributed by atoms with van der Waals surface area (Å²) in [5.41, 5.74) is 6.49. The lowest BCUT2D eigenvalue weighted by Gasteiger charge is -2.00. The second-order valence-electron chi connectivity index (χ2n) is 6.04. The minimum Gasteiger partial charge on any atom is -0.456 e. The first-order valence-electron chi connectivity index (χ1n) is 7.75. The molecule has 0 radical (unpaired) electrons. The lowest BCUT2D eigenvalue weighted by atomic mass is 10.0. The van der Waals surface area contributed by atoms with E-state index in [0.29, 0.717) is 0 Å². The lowest BCUT2D eigenvalue weighted by Crippen LogP contribution is -1.79. The Balaban J connectivity index is 2.10. The second kappa shape index (κ2) is 4.26. The number of nitrogens with one attached hydrogen (secondary N) is 1. The molecule has 0 unspecified atom stereocenters. The molecule has 1 N–H and O–H groups in total. The molecule has 0 spiro atoms. The third-order valence-corrected chi connectivity index (χ3v) is 4.71. The molecule has 0 fully saturated rings. The van der Waals surface area contributed by atoms with Gasteiger partial charge < -0.3 is 9.40 Å². The highest BCUT2D eigenvalue weighted by Gasteiger charge is 2.15. The third-order valence-electron chi connectivity index (χ3n) is 4.71. The molecule has 23 heavy (non-hydrogen) atoms. The summed E-state index contributed by atoms with van der Waals surface area (Å²) >= 11 is 0. The standard InChI is InChI=1S/C21H15NO/c1-3-13-11-15-19(10-12(13)2)23-18-9-8-17-20(21(15)18)14-6-4-5-7-16(14)22-17/h3-11,22H,1H2,2H3. The summed E-state index contributed by atoms with van der Waals surface area (Å²) in [6, 6.07) is 16.9. The third kappa shape index (κ3) is 1.58. The van der Waals surface area contributed by atoms with E-state index in [9.17, 15) is 0 Å². The molecule has 0 aliphatic heterocycles. The summed E-state index contributed by atoms with van der Waals surface area (Å²) < 4.78 is 6.11. The molecule has 0 atom stereocenters. The van der Waals surface area contributed by atoms with Crippen molar-refractivity contribution in [3.05, 3.63) is 66.2 Å². The van der Waals surface area contributed by atoms with E-state index in [1.165, 1.54) is 21.7 Å². The molecular formula is C21H15NO. The summed E-state index contributed by atoms with van der Waals surface area (Å²) in [6.45, 7) is 6.02. The zero-order chi connectivity index (χ0) is 15.6. The molecule has 0 bridgehead atoms. The van der Waals surface area contributed by atoms with Crippen LogP contribution in [0, 0.1) is 6.92 Å². The van der Waals surface area contributed by atoms with Gasteiger partial charge in [-0.2, -0.15) is 0 Å². The molecule has 2 heterocycles. The van der Waals surface area contributed by atoms with Crippen molar-refractivity contribution in [3.8, 4) is 0 Å². The van der Waals surface area contributed by atoms with E-state index in [4.69, 9.17) is 4.42 Å². The van der Waals surface area contributed by atoms with Crippen LogP contribution in [0.15, 0.2) is 59.5 Å². The van der Waals surface area contributed by atoms with Crippen molar-refractivity contribution in [1.82, 2.24) is 4.98 Å². The molecule has 5 aromatic rings. The van der Waals surface area contributed by atoms with Crippen molar-refractivity contribution >= 4 is 49.8 Å². The van der Waals surface area contributed by atoms with Crippen LogP contribution < -0.4 is 0 Å². The number of H-pyrrole nitrogens is 1. The number of aromatic nitrogens is 1. The van der Waals surface area contributed by atoms with Gasteiger partial charge in [0.15, 0.2) is 0 Å². The Kier molecular flexibility index (Phi) is 2.32. The van der Waals surface area contributed by atoms with Crippen molar-refractivity contribution in [1.29, 1.82) is 0 Å². The number of fused-ring (bicyclic) bond motifs is 7. The molecular weight excluding hydrogens is 282 g/mol. The van der Waals surface area contributed by atoms with Gasteiger partial charge in [-0.05, 0) is 48.4 Å². The van der Waals surface area contributed by atoms with Gasteiger partial charge in [0.05, 0.1) is 0 Å². The predicted molar refractivity (Wildman–Crippen MR) is 97.9 cm³/mol. The first kappa shape index (κ1) is 12.5. The number of aromatic amines is 1. The maximum Gasteiger partial charge on any atom is 0.136 e. The fraction of sp³-hybridized carbons (Fsp3) is 0.0476. The first-order valence-corrected chi connectivity index (χ1v) is 7.75.